The van der Waals surface area contributed by atoms with Gasteiger partial charge in [0.2, 0.25) is 0 Å². The highest BCUT2D eigenvalue weighted by molar-refractivity contribution is 5.73. The van der Waals surface area contributed by atoms with Gasteiger partial charge in [0, 0.05) is 0 Å². The Morgan fingerprint density at radius 1 is 1.31 bits per heavy atom. The molecule has 0 spiro atoms. The van der Waals surface area contributed by atoms with E-state index in [-0.39, 0.29) is 13.2 Å². The third-order valence-electron chi connectivity index (χ3n) is 1.97. The third-order valence-corrected chi connectivity index (χ3v) is 1.97. The minimum absolute atomic E-state index is 0.157. The minimum atomic E-state index is -0.992. The van der Waals surface area contributed by atoms with E-state index >= 15 is 0 Å². The second-order valence-corrected chi connectivity index (χ2v) is 3.24. The number of benzene rings is 1. The van der Waals surface area contributed by atoms with Crippen molar-refractivity contribution in [2.45, 2.75) is 6.61 Å². The second-order valence-electron chi connectivity index (χ2n) is 3.24. The fraction of sp³-hybridized carbons (Fsp3) is 0.182. The summed E-state index contributed by atoms with van der Waals surface area (Å²) in [5.41, 5.74) is 2.21. The molecule has 0 bridgehead atoms. The summed E-state index contributed by atoms with van der Waals surface area (Å²) in [5, 5.41) is 8.40. The maximum Gasteiger partial charge on any atom is 0.329 e. The Kier molecular flexibility index (Phi) is 3.07. The standard InChI is InChI=1S/C11H10N2O3/c14-11(15)7-16-6-8-5-12-9-3-1-2-4-10(9)13-8/h1-5H,6-7H2,(H,14,15). The summed E-state index contributed by atoms with van der Waals surface area (Å²) >= 11 is 0. The Hall–Kier alpha value is -2.01. The molecular weight excluding hydrogens is 208 g/mol. The predicted octanol–water partition coefficient (Wildman–Crippen LogP) is 1.23. The van der Waals surface area contributed by atoms with Crippen molar-refractivity contribution in [2.24, 2.45) is 0 Å². The van der Waals surface area contributed by atoms with Crippen LogP contribution in [0.1, 0.15) is 5.69 Å². The van der Waals surface area contributed by atoms with Crippen LogP contribution >= 0.6 is 0 Å². The Morgan fingerprint density at radius 2 is 2.06 bits per heavy atom. The predicted molar refractivity (Wildman–Crippen MR) is 56.8 cm³/mol. The van der Waals surface area contributed by atoms with Gasteiger partial charge in [0.1, 0.15) is 6.61 Å². The summed E-state index contributed by atoms with van der Waals surface area (Å²) in [6.45, 7) is -0.168. The number of nitrogens with zero attached hydrogens (tertiary/aromatic N) is 2. The molecule has 1 aromatic carbocycles. The summed E-state index contributed by atoms with van der Waals surface area (Å²) in [6.07, 6.45) is 1.59. The Balaban J connectivity index is 2.10. The van der Waals surface area contributed by atoms with Gasteiger partial charge in [0.25, 0.3) is 0 Å². The molecule has 0 aliphatic carbocycles. The summed E-state index contributed by atoms with van der Waals surface area (Å²) in [5.74, 6) is -0.992. The van der Waals surface area contributed by atoms with Crippen molar-refractivity contribution in [1.82, 2.24) is 9.97 Å². The zero-order chi connectivity index (χ0) is 11.4. The van der Waals surface area contributed by atoms with Gasteiger partial charge in [-0.25, -0.2) is 9.78 Å². The van der Waals surface area contributed by atoms with Crippen molar-refractivity contribution >= 4 is 17.0 Å². The summed E-state index contributed by atoms with van der Waals surface area (Å²) in [7, 11) is 0. The van der Waals surface area contributed by atoms with Crippen LogP contribution in [-0.4, -0.2) is 27.7 Å². The highest BCUT2D eigenvalue weighted by Gasteiger charge is 2.01. The van der Waals surface area contributed by atoms with E-state index in [4.69, 9.17) is 9.84 Å². The van der Waals surface area contributed by atoms with E-state index in [1.807, 2.05) is 24.3 Å². The van der Waals surface area contributed by atoms with Crippen molar-refractivity contribution in [3.05, 3.63) is 36.2 Å². The van der Waals surface area contributed by atoms with Crippen LogP contribution in [0.3, 0.4) is 0 Å². The SMILES string of the molecule is O=C(O)COCc1cnc2ccccc2n1. The number of hydrogen-bond acceptors (Lipinski definition) is 4. The van der Waals surface area contributed by atoms with Gasteiger partial charge in [-0.2, -0.15) is 0 Å². The van der Waals surface area contributed by atoms with Crippen molar-refractivity contribution in [3.63, 3.8) is 0 Å². The highest BCUT2D eigenvalue weighted by atomic mass is 16.5. The highest BCUT2D eigenvalue weighted by Crippen LogP contribution is 2.08. The van der Waals surface area contributed by atoms with Crippen molar-refractivity contribution in [2.75, 3.05) is 6.61 Å². The van der Waals surface area contributed by atoms with Crippen LogP contribution in [0.4, 0.5) is 0 Å². The molecular formula is C11H10N2O3. The number of carboxylic acid groups (broad SMARTS) is 1. The monoisotopic (exact) mass is 218 g/mol. The Bertz CT molecular complexity index is 513. The van der Waals surface area contributed by atoms with Gasteiger partial charge in [-0.15, -0.1) is 0 Å². The molecule has 5 nitrogen and oxygen atoms in total. The van der Waals surface area contributed by atoms with Gasteiger partial charge in [0.15, 0.2) is 0 Å². The number of hydrogen-bond donors (Lipinski definition) is 1. The number of aromatic nitrogens is 2. The fourth-order valence-electron chi connectivity index (χ4n) is 1.31. The number of carboxylic acids is 1. The van der Waals surface area contributed by atoms with Crippen LogP contribution in [0.25, 0.3) is 11.0 Å². The maximum absolute atomic E-state index is 10.2. The molecule has 2 rings (SSSR count). The topological polar surface area (TPSA) is 72.3 Å². The van der Waals surface area contributed by atoms with Crippen LogP contribution in [0.5, 0.6) is 0 Å². The molecule has 82 valence electrons. The molecule has 0 radical (unpaired) electrons. The Labute approximate surface area is 91.7 Å². The molecule has 1 N–H and O–H groups in total. The number of para-hydroxylation sites is 2. The zero-order valence-corrected chi connectivity index (χ0v) is 8.46. The van der Waals surface area contributed by atoms with E-state index < -0.39 is 5.97 Å². The van der Waals surface area contributed by atoms with Crippen LogP contribution < -0.4 is 0 Å². The molecule has 0 saturated carbocycles. The molecule has 0 unspecified atom stereocenters. The average molecular weight is 218 g/mol. The maximum atomic E-state index is 10.2. The van der Waals surface area contributed by atoms with Crippen molar-refractivity contribution < 1.29 is 14.6 Å². The molecule has 0 atom stereocenters. The summed E-state index contributed by atoms with van der Waals surface area (Å²) < 4.78 is 4.93. The molecule has 5 heteroatoms. The van der Waals surface area contributed by atoms with E-state index in [2.05, 4.69) is 9.97 Å². The fourth-order valence-corrected chi connectivity index (χ4v) is 1.31. The van der Waals surface area contributed by atoms with E-state index in [9.17, 15) is 4.79 Å². The smallest absolute Gasteiger partial charge is 0.329 e. The lowest BCUT2D eigenvalue weighted by Crippen LogP contribution is -2.07. The van der Waals surface area contributed by atoms with Gasteiger partial charge in [0.05, 0.1) is 29.5 Å². The molecule has 16 heavy (non-hydrogen) atoms. The first-order valence-corrected chi connectivity index (χ1v) is 4.76. The Morgan fingerprint density at radius 3 is 2.81 bits per heavy atom. The molecule has 0 aliphatic rings. The molecule has 0 amide bonds. The molecule has 1 aromatic heterocycles. The van der Waals surface area contributed by atoms with Gasteiger partial charge >= 0.3 is 5.97 Å². The largest absolute Gasteiger partial charge is 0.480 e. The molecule has 0 saturated heterocycles. The van der Waals surface area contributed by atoms with E-state index in [0.717, 1.165) is 11.0 Å². The summed E-state index contributed by atoms with van der Waals surface area (Å²) in [4.78, 5) is 18.7. The minimum Gasteiger partial charge on any atom is -0.480 e. The van der Waals surface area contributed by atoms with Gasteiger partial charge in [-0.3, -0.25) is 4.98 Å². The number of carbonyl (C=O) groups is 1. The van der Waals surface area contributed by atoms with Crippen molar-refractivity contribution in [1.29, 1.82) is 0 Å². The summed E-state index contributed by atoms with van der Waals surface area (Å²) in [6, 6.07) is 7.48. The second kappa shape index (κ2) is 4.67. The number of ether oxygens (including phenoxy) is 1. The van der Waals surface area contributed by atoms with Crippen LogP contribution in [-0.2, 0) is 16.1 Å². The zero-order valence-electron chi connectivity index (χ0n) is 8.46. The lowest BCUT2D eigenvalue weighted by atomic mass is 10.3. The van der Waals surface area contributed by atoms with Crippen LogP contribution in [0, 0.1) is 0 Å². The van der Waals surface area contributed by atoms with Crippen molar-refractivity contribution in [3.8, 4) is 0 Å². The first-order chi connectivity index (χ1) is 7.75. The normalized spacial score (nSPS) is 10.5. The average Bonchev–Trinajstić information content (AvgIpc) is 2.28. The quantitative estimate of drug-likeness (QED) is 0.835. The first-order valence-electron chi connectivity index (χ1n) is 4.76. The molecule has 0 fully saturated rings. The lowest BCUT2D eigenvalue weighted by Gasteiger charge is -2.02. The third kappa shape index (κ3) is 2.52. The molecule has 0 aliphatic heterocycles. The van der Waals surface area contributed by atoms with E-state index in [0.29, 0.717) is 5.69 Å². The molecule has 1 heterocycles. The van der Waals surface area contributed by atoms with E-state index in [1.165, 1.54) is 0 Å². The number of rotatable bonds is 4. The van der Waals surface area contributed by atoms with Crippen LogP contribution in [0.15, 0.2) is 30.5 Å². The molecule has 2 aromatic rings. The number of fused-ring (bicyclic) bond motifs is 1. The van der Waals surface area contributed by atoms with Gasteiger partial charge in [-0.1, -0.05) is 12.1 Å². The lowest BCUT2D eigenvalue weighted by molar-refractivity contribution is -0.142. The number of aliphatic carboxylic acids is 1. The van der Waals surface area contributed by atoms with E-state index in [1.54, 1.807) is 6.20 Å². The van der Waals surface area contributed by atoms with Gasteiger partial charge < -0.3 is 9.84 Å². The van der Waals surface area contributed by atoms with Gasteiger partial charge in [-0.05, 0) is 12.1 Å². The van der Waals surface area contributed by atoms with Crippen LogP contribution in [0.2, 0.25) is 0 Å². The first kappa shape index (κ1) is 10.5.